The number of pyridine rings is 1. The summed E-state index contributed by atoms with van der Waals surface area (Å²) in [5, 5.41) is 3.40. The summed E-state index contributed by atoms with van der Waals surface area (Å²) >= 11 is 6.30. The Morgan fingerprint density at radius 2 is 2.03 bits per heavy atom. The molecule has 0 bridgehead atoms. The van der Waals surface area contributed by atoms with Crippen LogP contribution >= 0.6 is 11.6 Å². The van der Waals surface area contributed by atoms with Gasteiger partial charge >= 0.3 is 0 Å². The first kappa shape index (κ1) is 19.3. The third-order valence-electron chi connectivity index (χ3n) is 4.60. The van der Waals surface area contributed by atoms with Crippen molar-refractivity contribution in [3.63, 3.8) is 0 Å². The number of carbonyl (C=O) groups excluding carboxylic acids is 1. The third-order valence-corrected chi connectivity index (χ3v) is 4.88. The SMILES string of the molecule is Cc1nccn1-c1cc(CNC(=O)Cc2cc(Cl)c3c(c2)OCCCO3)ccn1. The molecule has 1 aliphatic heterocycles. The molecule has 0 radical (unpaired) electrons. The standard InChI is InChI=1S/C21H21ClN4O3/c1-14-23-5-6-26(14)19-11-15(3-4-24-19)13-25-20(27)12-16-9-17(22)21-18(10-16)28-7-2-8-29-21/h3-6,9-11H,2,7-8,12-13H2,1H3,(H,25,27). The molecule has 150 valence electrons. The van der Waals surface area contributed by atoms with Crippen molar-refractivity contribution in [2.75, 3.05) is 13.2 Å². The Kier molecular flexibility index (Phi) is 5.67. The maximum absolute atomic E-state index is 12.4. The van der Waals surface area contributed by atoms with Crippen LogP contribution in [0, 0.1) is 6.92 Å². The van der Waals surface area contributed by atoms with Crippen LogP contribution in [-0.4, -0.2) is 33.7 Å². The summed E-state index contributed by atoms with van der Waals surface area (Å²) in [5.41, 5.74) is 1.73. The summed E-state index contributed by atoms with van der Waals surface area (Å²) in [5.74, 6) is 2.65. The lowest BCUT2D eigenvalue weighted by Gasteiger charge is -2.12. The number of imidazole rings is 1. The Hall–Kier alpha value is -3.06. The van der Waals surface area contributed by atoms with Crippen molar-refractivity contribution >= 4 is 17.5 Å². The van der Waals surface area contributed by atoms with Crippen LogP contribution in [0.5, 0.6) is 11.5 Å². The van der Waals surface area contributed by atoms with E-state index in [1.165, 1.54) is 0 Å². The summed E-state index contributed by atoms with van der Waals surface area (Å²) < 4.78 is 13.2. The molecule has 8 heteroatoms. The van der Waals surface area contributed by atoms with Crippen LogP contribution < -0.4 is 14.8 Å². The Balaban J connectivity index is 1.40. The van der Waals surface area contributed by atoms with Gasteiger partial charge in [-0.1, -0.05) is 11.6 Å². The van der Waals surface area contributed by atoms with E-state index in [9.17, 15) is 4.79 Å². The van der Waals surface area contributed by atoms with E-state index < -0.39 is 0 Å². The van der Waals surface area contributed by atoms with Crippen molar-refractivity contribution in [1.29, 1.82) is 0 Å². The number of hydrogen-bond donors (Lipinski definition) is 1. The molecule has 7 nitrogen and oxygen atoms in total. The van der Waals surface area contributed by atoms with E-state index in [1.807, 2.05) is 35.9 Å². The number of amides is 1. The first-order valence-corrected chi connectivity index (χ1v) is 9.78. The Bertz CT molecular complexity index is 1030. The zero-order valence-corrected chi connectivity index (χ0v) is 16.8. The maximum Gasteiger partial charge on any atom is 0.224 e. The van der Waals surface area contributed by atoms with Crippen molar-refractivity contribution < 1.29 is 14.3 Å². The van der Waals surface area contributed by atoms with E-state index in [0.717, 1.165) is 29.2 Å². The number of rotatable bonds is 5. The Labute approximate surface area is 173 Å². The highest BCUT2D eigenvalue weighted by atomic mass is 35.5. The molecule has 0 atom stereocenters. The fraction of sp³-hybridized carbons (Fsp3) is 0.286. The fourth-order valence-corrected chi connectivity index (χ4v) is 3.44. The average Bonchev–Trinajstić information content (AvgIpc) is 2.99. The molecule has 0 aliphatic carbocycles. The topological polar surface area (TPSA) is 78.3 Å². The molecule has 0 spiro atoms. The number of fused-ring (bicyclic) bond motifs is 1. The van der Waals surface area contributed by atoms with Gasteiger partial charge in [-0.25, -0.2) is 9.97 Å². The minimum absolute atomic E-state index is 0.104. The lowest BCUT2D eigenvalue weighted by molar-refractivity contribution is -0.120. The number of nitrogens with zero attached hydrogens (tertiary/aromatic N) is 3. The van der Waals surface area contributed by atoms with Crippen LogP contribution in [-0.2, 0) is 17.8 Å². The number of halogens is 1. The van der Waals surface area contributed by atoms with Crippen molar-refractivity contribution in [2.45, 2.75) is 26.3 Å². The number of ether oxygens (including phenoxy) is 2. The molecule has 2 aromatic heterocycles. The second-order valence-corrected chi connectivity index (χ2v) is 7.18. The molecule has 1 aromatic carbocycles. The molecule has 4 rings (SSSR count). The van der Waals surface area contributed by atoms with E-state index >= 15 is 0 Å². The van der Waals surface area contributed by atoms with E-state index in [1.54, 1.807) is 18.5 Å². The van der Waals surface area contributed by atoms with Crippen molar-refractivity contribution in [3.8, 4) is 17.3 Å². The van der Waals surface area contributed by atoms with Gasteiger partial charge in [-0.3, -0.25) is 9.36 Å². The van der Waals surface area contributed by atoms with Gasteiger partial charge in [-0.05, 0) is 42.3 Å². The molecule has 1 aliphatic rings. The molecule has 3 heterocycles. The summed E-state index contributed by atoms with van der Waals surface area (Å²) in [4.78, 5) is 21.0. The molecule has 0 fully saturated rings. The predicted octanol–water partition coefficient (Wildman–Crippen LogP) is 3.25. The first-order valence-electron chi connectivity index (χ1n) is 9.40. The van der Waals surface area contributed by atoms with Crippen molar-refractivity contribution in [3.05, 3.63) is 64.8 Å². The van der Waals surface area contributed by atoms with Gasteiger partial charge in [0.25, 0.3) is 0 Å². The molecule has 1 amide bonds. The van der Waals surface area contributed by atoms with Gasteiger partial charge in [0.1, 0.15) is 11.6 Å². The number of aryl methyl sites for hydroxylation is 1. The van der Waals surface area contributed by atoms with Crippen LogP contribution in [0.1, 0.15) is 23.4 Å². The van der Waals surface area contributed by atoms with E-state index in [-0.39, 0.29) is 12.3 Å². The quantitative estimate of drug-likeness (QED) is 0.696. The third kappa shape index (κ3) is 4.51. The number of carbonyl (C=O) groups is 1. The van der Waals surface area contributed by atoms with E-state index in [0.29, 0.717) is 36.3 Å². The smallest absolute Gasteiger partial charge is 0.224 e. The highest BCUT2D eigenvalue weighted by molar-refractivity contribution is 6.32. The van der Waals surface area contributed by atoms with E-state index in [4.69, 9.17) is 21.1 Å². The van der Waals surface area contributed by atoms with Gasteiger partial charge in [-0.15, -0.1) is 0 Å². The van der Waals surface area contributed by atoms with Crippen LogP contribution in [0.2, 0.25) is 5.02 Å². The first-order chi connectivity index (χ1) is 14.1. The molecule has 0 saturated heterocycles. The van der Waals surface area contributed by atoms with Crippen LogP contribution in [0.3, 0.4) is 0 Å². The monoisotopic (exact) mass is 412 g/mol. The highest BCUT2D eigenvalue weighted by Gasteiger charge is 2.17. The van der Waals surface area contributed by atoms with Crippen LogP contribution in [0.15, 0.2) is 42.9 Å². The summed E-state index contributed by atoms with van der Waals surface area (Å²) in [7, 11) is 0. The molecule has 1 N–H and O–H groups in total. The lowest BCUT2D eigenvalue weighted by Crippen LogP contribution is -2.24. The van der Waals surface area contributed by atoms with Gasteiger partial charge < -0.3 is 14.8 Å². The molecule has 29 heavy (non-hydrogen) atoms. The van der Waals surface area contributed by atoms with E-state index in [2.05, 4.69) is 15.3 Å². The molecular weight excluding hydrogens is 392 g/mol. The maximum atomic E-state index is 12.4. The molecular formula is C21H21ClN4O3. The number of nitrogens with one attached hydrogen (secondary N) is 1. The zero-order chi connectivity index (χ0) is 20.2. The Morgan fingerprint density at radius 1 is 1.17 bits per heavy atom. The Morgan fingerprint density at radius 3 is 2.86 bits per heavy atom. The van der Waals surface area contributed by atoms with Crippen LogP contribution in [0.4, 0.5) is 0 Å². The van der Waals surface area contributed by atoms with Gasteiger partial charge in [0.2, 0.25) is 5.91 Å². The molecule has 0 unspecified atom stereocenters. The molecule has 3 aromatic rings. The summed E-state index contributed by atoms with van der Waals surface area (Å²) in [6.45, 7) is 3.45. The second kappa shape index (κ2) is 8.53. The number of hydrogen-bond acceptors (Lipinski definition) is 5. The lowest BCUT2D eigenvalue weighted by atomic mass is 10.1. The largest absolute Gasteiger partial charge is 0.489 e. The number of benzene rings is 1. The van der Waals surface area contributed by atoms with Crippen LogP contribution in [0.25, 0.3) is 5.82 Å². The minimum atomic E-state index is -0.104. The van der Waals surface area contributed by atoms with Crippen molar-refractivity contribution in [2.24, 2.45) is 0 Å². The normalized spacial score (nSPS) is 13.0. The zero-order valence-electron chi connectivity index (χ0n) is 16.0. The van der Waals surface area contributed by atoms with Crippen molar-refractivity contribution in [1.82, 2.24) is 19.9 Å². The summed E-state index contributed by atoms with van der Waals surface area (Å²) in [6.07, 6.45) is 6.31. The van der Waals surface area contributed by atoms with Gasteiger partial charge in [0, 0.05) is 31.6 Å². The summed E-state index contributed by atoms with van der Waals surface area (Å²) in [6, 6.07) is 7.37. The highest BCUT2D eigenvalue weighted by Crippen LogP contribution is 2.38. The van der Waals surface area contributed by atoms with Gasteiger partial charge in [0.15, 0.2) is 11.5 Å². The molecule has 0 saturated carbocycles. The minimum Gasteiger partial charge on any atom is -0.489 e. The fourth-order valence-electron chi connectivity index (χ4n) is 3.16. The second-order valence-electron chi connectivity index (χ2n) is 6.78. The van der Waals surface area contributed by atoms with Gasteiger partial charge in [-0.2, -0.15) is 0 Å². The van der Waals surface area contributed by atoms with Gasteiger partial charge in [0.05, 0.1) is 24.7 Å². The predicted molar refractivity (Wildman–Crippen MR) is 109 cm³/mol. The average molecular weight is 413 g/mol. The number of aromatic nitrogens is 3.